The van der Waals surface area contributed by atoms with E-state index in [-0.39, 0.29) is 22.7 Å². The number of carbonyl (C=O) groups is 1. The quantitative estimate of drug-likeness (QED) is 0.666. The summed E-state index contributed by atoms with van der Waals surface area (Å²) in [5, 5.41) is 2.53. The lowest BCUT2D eigenvalue weighted by Gasteiger charge is -2.15. The van der Waals surface area contributed by atoms with Crippen LogP contribution in [-0.2, 0) is 21.4 Å². The highest BCUT2D eigenvalue weighted by atomic mass is 32.2. The summed E-state index contributed by atoms with van der Waals surface area (Å²) in [5.74, 6) is -1.78. The Kier molecular flexibility index (Phi) is 5.20. The van der Waals surface area contributed by atoms with Crippen molar-refractivity contribution < 1.29 is 22.0 Å². The number of sulfonamides is 1. The molecule has 1 amide bonds. The van der Waals surface area contributed by atoms with Gasteiger partial charge in [0.15, 0.2) is 5.58 Å². The number of hydrogen-bond donors (Lipinski definition) is 1. The van der Waals surface area contributed by atoms with E-state index in [1.165, 1.54) is 34.6 Å². The van der Waals surface area contributed by atoms with Crippen LogP contribution in [-0.4, -0.2) is 36.3 Å². The molecule has 2 heterocycles. The van der Waals surface area contributed by atoms with Gasteiger partial charge in [0.1, 0.15) is 12.4 Å². The van der Waals surface area contributed by atoms with E-state index in [0.717, 1.165) is 17.4 Å². The first-order chi connectivity index (χ1) is 14.3. The number of nitrogens with zero attached hydrogens (tertiary/aromatic N) is 2. The van der Waals surface area contributed by atoms with Crippen LogP contribution in [0.1, 0.15) is 18.4 Å². The van der Waals surface area contributed by atoms with Crippen molar-refractivity contribution in [1.29, 1.82) is 0 Å². The number of fused-ring (bicyclic) bond motifs is 1. The highest BCUT2D eigenvalue weighted by Crippen LogP contribution is 2.24. The number of halogens is 1. The lowest BCUT2D eigenvalue weighted by Crippen LogP contribution is -2.27. The molecule has 30 heavy (non-hydrogen) atoms. The molecule has 158 valence electrons. The van der Waals surface area contributed by atoms with Gasteiger partial charge in [0, 0.05) is 24.8 Å². The van der Waals surface area contributed by atoms with Gasteiger partial charge in [0.25, 0.3) is 0 Å². The zero-order valence-electron chi connectivity index (χ0n) is 16.2. The van der Waals surface area contributed by atoms with Gasteiger partial charge < -0.3 is 9.73 Å². The number of hydrogen-bond acceptors (Lipinski definition) is 5. The highest BCUT2D eigenvalue weighted by Gasteiger charge is 2.28. The topological polar surface area (TPSA) is 102 Å². The zero-order chi connectivity index (χ0) is 21.5. The smallest absolute Gasteiger partial charge is 0.408 e. The first kappa shape index (κ1) is 20.3. The highest BCUT2D eigenvalue weighted by molar-refractivity contribution is 7.89. The average molecular weight is 433 g/mol. The van der Waals surface area contributed by atoms with Crippen LogP contribution in [0.15, 0.2) is 50.5 Å². The largest absolute Gasteiger partial charge is 0.420 e. The van der Waals surface area contributed by atoms with Crippen LogP contribution >= 0.6 is 0 Å². The van der Waals surface area contributed by atoms with Gasteiger partial charge in [-0.2, -0.15) is 4.31 Å². The molecule has 0 saturated carbocycles. The molecular formula is C20H20FN3O5S. The molecule has 3 aromatic rings. The van der Waals surface area contributed by atoms with E-state index in [1.807, 2.05) is 0 Å². The van der Waals surface area contributed by atoms with Crippen LogP contribution in [0.2, 0.25) is 0 Å². The monoisotopic (exact) mass is 433 g/mol. The Labute approximate surface area is 172 Å². The number of aryl methyl sites for hydroxylation is 1. The normalized spacial score (nSPS) is 15.0. The second-order valence-electron chi connectivity index (χ2n) is 7.21. The van der Waals surface area contributed by atoms with Crippen molar-refractivity contribution in [1.82, 2.24) is 8.87 Å². The molecule has 1 fully saturated rings. The number of anilines is 1. The molecule has 1 saturated heterocycles. The Balaban J connectivity index is 1.59. The molecule has 2 aromatic carbocycles. The molecule has 0 spiro atoms. The zero-order valence-corrected chi connectivity index (χ0v) is 17.0. The molecule has 0 radical (unpaired) electrons. The molecule has 1 aliphatic rings. The average Bonchev–Trinajstić information content (AvgIpc) is 3.34. The Bertz CT molecular complexity index is 1290. The molecule has 0 unspecified atom stereocenters. The summed E-state index contributed by atoms with van der Waals surface area (Å²) in [6, 6.07) is 8.43. The molecule has 8 nitrogen and oxygen atoms in total. The molecular weight excluding hydrogens is 413 g/mol. The van der Waals surface area contributed by atoms with Crippen LogP contribution in [0, 0.1) is 12.7 Å². The van der Waals surface area contributed by atoms with Crippen molar-refractivity contribution in [2.24, 2.45) is 0 Å². The van der Waals surface area contributed by atoms with Gasteiger partial charge in [0.05, 0.1) is 10.4 Å². The maximum Gasteiger partial charge on any atom is 0.420 e. The van der Waals surface area contributed by atoms with E-state index in [4.69, 9.17) is 4.42 Å². The number of rotatable bonds is 5. The van der Waals surface area contributed by atoms with Crippen molar-refractivity contribution >= 4 is 32.7 Å². The molecule has 1 N–H and O–H groups in total. The summed E-state index contributed by atoms with van der Waals surface area (Å²) in [5.41, 5.74) is 1.09. The van der Waals surface area contributed by atoms with Crippen LogP contribution in [0.5, 0.6) is 0 Å². The summed E-state index contributed by atoms with van der Waals surface area (Å²) >= 11 is 0. The minimum Gasteiger partial charge on any atom is -0.408 e. The Hall–Kier alpha value is -2.98. The van der Waals surface area contributed by atoms with Crippen LogP contribution in [0.3, 0.4) is 0 Å². The Morgan fingerprint density at radius 3 is 2.60 bits per heavy atom. The summed E-state index contributed by atoms with van der Waals surface area (Å²) in [7, 11) is -3.66. The van der Waals surface area contributed by atoms with Gasteiger partial charge in [-0.1, -0.05) is 6.07 Å². The fourth-order valence-corrected chi connectivity index (χ4v) is 4.98. The van der Waals surface area contributed by atoms with E-state index in [0.29, 0.717) is 24.2 Å². The van der Waals surface area contributed by atoms with Gasteiger partial charge in [-0.3, -0.25) is 9.36 Å². The first-order valence-electron chi connectivity index (χ1n) is 9.45. The van der Waals surface area contributed by atoms with E-state index in [9.17, 15) is 22.4 Å². The SMILES string of the molecule is Cc1ccc(NC(=O)Cn2c(=O)oc3cc(S(=O)(=O)N4CCCC4)ccc32)cc1F. The third-order valence-corrected chi connectivity index (χ3v) is 6.99. The van der Waals surface area contributed by atoms with E-state index >= 15 is 0 Å². The van der Waals surface area contributed by atoms with Gasteiger partial charge in [-0.15, -0.1) is 0 Å². The standard InChI is InChI=1S/C20H20FN3O5S/c1-13-4-5-14(10-16(13)21)22-19(25)12-24-17-7-6-15(11-18(17)29-20(24)26)30(27,28)23-8-2-3-9-23/h4-7,10-11H,2-3,8-9,12H2,1H3,(H,22,25). The molecule has 0 bridgehead atoms. The molecule has 1 aromatic heterocycles. The maximum atomic E-state index is 13.7. The Morgan fingerprint density at radius 2 is 1.90 bits per heavy atom. The fraction of sp³-hybridized carbons (Fsp3) is 0.300. The summed E-state index contributed by atoms with van der Waals surface area (Å²) < 4.78 is 46.7. The fourth-order valence-electron chi connectivity index (χ4n) is 3.45. The van der Waals surface area contributed by atoms with E-state index in [2.05, 4.69) is 5.32 Å². The number of aromatic nitrogens is 1. The predicted octanol–water partition coefficient (Wildman–Crippen LogP) is 2.47. The van der Waals surface area contributed by atoms with Crippen molar-refractivity contribution in [3.63, 3.8) is 0 Å². The molecule has 10 heteroatoms. The third kappa shape index (κ3) is 3.75. The van der Waals surface area contributed by atoms with Gasteiger partial charge in [0.2, 0.25) is 15.9 Å². The first-order valence-corrected chi connectivity index (χ1v) is 10.9. The van der Waals surface area contributed by atoms with E-state index in [1.54, 1.807) is 13.0 Å². The van der Waals surface area contributed by atoms with Crippen molar-refractivity contribution in [2.75, 3.05) is 18.4 Å². The predicted molar refractivity (Wildman–Crippen MR) is 108 cm³/mol. The maximum absolute atomic E-state index is 13.7. The minimum atomic E-state index is -3.66. The van der Waals surface area contributed by atoms with Crippen molar-refractivity contribution in [2.45, 2.75) is 31.2 Å². The Morgan fingerprint density at radius 1 is 1.17 bits per heavy atom. The van der Waals surface area contributed by atoms with Gasteiger partial charge >= 0.3 is 5.76 Å². The summed E-state index contributed by atoms with van der Waals surface area (Å²) in [6.07, 6.45) is 1.62. The molecule has 1 aliphatic heterocycles. The second-order valence-corrected chi connectivity index (χ2v) is 9.14. The van der Waals surface area contributed by atoms with Gasteiger partial charge in [-0.05, 0) is 49.6 Å². The van der Waals surface area contributed by atoms with Crippen molar-refractivity contribution in [3.05, 3.63) is 58.3 Å². The van der Waals surface area contributed by atoms with Crippen molar-refractivity contribution in [3.8, 4) is 0 Å². The number of nitrogens with one attached hydrogen (secondary N) is 1. The lowest BCUT2D eigenvalue weighted by molar-refractivity contribution is -0.116. The van der Waals surface area contributed by atoms with Crippen LogP contribution in [0.25, 0.3) is 11.1 Å². The number of oxazole rings is 1. The lowest BCUT2D eigenvalue weighted by atomic mass is 10.2. The number of carbonyl (C=O) groups excluding carboxylic acids is 1. The van der Waals surface area contributed by atoms with Crippen LogP contribution < -0.4 is 11.1 Å². The third-order valence-electron chi connectivity index (χ3n) is 5.10. The molecule has 0 aliphatic carbocycles. The van der Waals surface area contributed by atoms with Gasteiger partial charge in [-0.25, -0.2) is 17.6 Å². The summed E-state index contributed by atoms with van der Waals surface area (Å²) in [6.45, 7) is 2.17. The minimum absolute atomic E-state index is 0.0392. The number of benzene rings is 2. The molecule has 0 atom stereocenters. The van der Waals surface area contributed by atoms with Crippen LogP contribution in [0.4, 0.5) is 10.1 Å². The summed E-state index contributed by atoms with van der Waals surface area (Å²) in [4.78, 5) is 24.6. The second kappa shape index (κ2) is 7.69. The van der Waals surface area contributed by atoms with E-state index < -0.39 is 27.5 Å². The number of amides is 1. The molecule has 4 rings (SSSR count).